The second-order valence-corrected chi connectivity index (χ2v) is 7.26. The molecule has 0 radical (unpaired) electrons. The molecule has 29 heavy (non-hydrogen) atoms. The van der Waals surface area contributed by atoms with Crippen molar-refractivity contribution >= 4 is 11.0 Å². The zero-order chi connectivity index (χ0) is 20.6. The summed E-state index contributed by atoms with van der Waals surface area (Å²) in [6, 6.07) is 3.86. The lowest BCUT2D eigenvalue weighted by atomic mass is 10.1. The van der Waals surface area contributed by atoms with Gasteiger partial charge in [0.1, 0.15) is 11.3 Å². The molecule has 152 valence electrons. The molecule has 3 aromatic rings. The van der Waals surface area contributed by atoms with Crippen molar-refractivity contribution in [3.8, 4) is 11.3 Å². The largest absolute Gasteiger partial charge is 0.418 e. The van der Waals surface area contributed by atoms with Crippen LogP contribution in [0.2, 0.25) is 0 Å². The van der Waals surface area contributed by atoms with Crippen LogP contribution in [0.3, 0.4) is 0 Å². The number of fused-ring (bicyclic) bond motifs is 1. The van der Waals surface area contributed by atoms with E-state index in [-0.39, 0.29) is 23.5 Å². The molecule has 9 heteroatoms. The van der Waals surface area contributed by atoms with E-state index in [0.717, 1.165) is 19.2 Å². The maximum Gasteiger partial charge on any atom is 0.418 e. The highest BCUT2D eigenvalue weighted by molar-refractivity contribution is 5.79. The minimum absolute atomic E-state index is 0.123. The average Bonchev–Trinajstić information content (AvgIpc) is 2.66. The Kier molecular flexibility index (Phi) is 5.18. The first-order chi connectivity index (χ1) is 13.8. The first-order valence-electron chi connectivity index (χ1n) is 9.31. The van der Waals surface area contributed by atoms with E-state index in [1.807, 2.05) is 13.8 Å². The van der Waals surface area contributed by atoms with Crippen LogP contribution >= 0.6 is 0 Å². The van der Waals surface area contributed by atoms with E-state index in [2.05, 4.69) is 24.8 Å². The lowest BCUT2D eigenvalue weighted by molar-refractivity contribution is -0.137. The maximum atomic E-state index is 13.3. The summed E-state index contributed by atoms with van der Waals surface area (Å²) in [7, 11) is 0. The number of ether oxygens (including phenoxy) is 1. The predicted molar refractivity (Wildman–Crippen MR) is 101 cm³/mol. The van der Waals surface area contributed by atoms with Crippen molar-refractivity contribution < 1.29 is 17.9 Å². The van der Waals surface area contributed by atoms with Crippen LogP contribution in [0.5, 0.6) is 0 Å². The van der Waals surface area contributed by atoms with Crippen molar-refractivity contribution in [2.45, 2.75) is 38.8 Å². The smallest absolute Gasteiger partial charge is 0.373 e. The molecule has 2 atom stereocenters. The van der Waals surface area contributed by atoms with E-state index in [4.69, 9.17) is 4.74 Å². The van der Waals surface area contributed by atoms with Crippen molar-refractivity contribution in [2.75, 3.05) is 13.1 Å². The van der Waals surface area contributed by atoms with Crippen LogP contribution in [-0.2, 0) is 17.5 Å². The molecule has 0 N–H and O–H groups in total. The van der Waals surface area contributed by atoms with Crippen LogP contribution in [0.25, 0.3) is 22.3 Å². The summed E-state index contributed by atoms with van der Waals surface area (Å²) in [6.07, 6.45) is 0.0430. The van der Waals surface area contributed by atoms with Crippen molar-refractivity contribution in [2.24, 2.45) is 0 Å². The number of alkyl halides is 3. The highest BCUT2D eigenvalue weighted by Gasteiger charge is 2.34. The monoisotopic (exact) mass is 403 g/mol. The van der Waals surface area contributed by atoms with Gasteiger partial charge in [0.2, 0.25) is 0 Å². The molecule has 1 aliphatic heterocycles. The molecule has 0 saturated carbocycles. The minimum Gasteiger partial charge on any atom is -0.373 e. The molecule has 0 unspecified atom stereocenters. The number of morpholine rings is 1. The SMILES string of the molecule is C[C@H]1CN(Cc2ncc3ncc(-c4ncccc4C(F)(F)F)cc3n2)C[C@H](C)O1. The molecule has 1 fully saturated rings. The van der Waals surface area contributed by atoms with Crippen molar-refractivity contribution in [3.05, 3.63) is 48.2 Å². The number of hydrogen-bond acceptors (Lipinski definition) is 6. The second kappa shape index (κ2) is 7.64. The summed E-state index contributed by atoms with van der Waals surface area (Å²) in [5.41, 5.74) is 0.312. The topological polar surface area (TPSA) is 64.0 Å². The Hall–Kier alpha value is -2.65. The van der Waals surface area contributed by atoms with Gasteiger partial charge in [0.05, 0.1) is 41.7 Å². The lowest BCUT2D eigenvalue weighted by Crippen LogP contribution is -2.45. The number of hydrogen-bond donors (Lipinski definition) is 0. The highest BCUT2D eigenvalue weighted by Crippen LogP contribution is 2.35. The third-order valence-corrected chi connectivity index (χ3v) is 4.73. The molecule has 1 saturated heterocycles. The Morgan fingerprint density at radius 1 is 1.07 bits per heavy atom. The molecule has 0 aliphatic carbocycles. The summed E-state index contributed by atoms with van der Waals surface area (Å²) in [6.45, 7) is 6.12. The van der Waals surface area contributed by atoms with Crippen molar-refractivity contribution in [3.63, 3.8) is 0 Å². The fraction of sp³-hybridized carbons (Fsp3) is 0.400. The van der Waals surface area contributed by atoms with Crippen LogP contribution < -0.4 is 0 Å². The van der Waals surface area contributed by atoms with Crippen LogP contribution in [0, 0.1) is 0 Å². The van der Waals surface area contributed by atoms with Gasteiger partial charge in [-0.3, -0.25) is 14.9 Å². The lowest BCUT2D eigenvalue weighted by Gasteiger charge is -2.34. The minimum atomic E-state index is -4.50. The van der Waals surface area contributed by atoms with Crippen LogP contribution in [0.1, 0.15) is 25.2 Å². The van der Waals surface area contributed by atoms with Crippen molar-refractivity contribution in [1.82, 2.24) is 24.8 Å². The zero-order valence-electron chi connectivity index (χ0n) is 16.0. The van der Waals surface area contributed by atoms with E-state index in [0.29, 0.717) is 23.4 Å². The van der Waals surface area contributed by atoms with Crippen LogP contribution in [0.15, 0.2) is 36.8 Å². The predicted octanol–water partition coefficient (Wildman–Crippen LogP) is 3.71. The van der Waals surface area contributed by atoms with Gasteiger partial charge in [0.25, 0.3) is 0 Å². The molecule has 4 rings (SSSR count). The van der Waals surface area contributed by atoms with Gasteiger partial charge < -0.3 is 4.74 Å². The van der Waals surface area contributed by atoms with Gasteiger partial charge in [0.15, 0.2) is 0 Å². The quantitative estimate of drug-likeness (QED) is 0.664. The molecule has 1 aliphatic rings. The van der Waals surface area contributed by atoms with E-state index >= 15 is 0 Å². The normalized spacial score (nSPS) is 20.9. The highest BCUT2D eigenvalue weighted by atomic mass is 19.4. The molecule has 0 aromatic carbocycles. The third-order valence-electron chi connectivity index (χ3n) is 4.73. The van der Waals surface area contributed by atoms with E-state index in [1.165, 1.54) is 18.5 Å². The molecule has 6 nitrogen and oxygen atoms in total. The average molecular weight is 403 g/mol. The summed E-state index contributed by atoms with van der Waals surface area (Å²) in [5, 5.41) is 0. The Bertz CT molecular complexity index is 1020. The third kappa shape index (κ3) is 4.35. The molecule has 0 spiro atoms. The molecular weight excluding hydrogens is 383 g/mol. The summed E-state index contributed by atoms with van der Waals surface area (Å²) >= 11 is 0. The van der Waals surface area contributed by atoms with Gasteiger partial charge in [0, 0.05) is 31.0 Å². The standard InChI is InChI=1S/C20H20F3N5O/c1-12-9-28(10-13(2)29-12)11-18-26-8-17-16(27-18)6-14(7-25-17)19-15(20(21,22)23)4-3-5-24-19/h3-8,12-13H,9-11H2,1-2H3/t12-,13-/m0/s1. The Balaban J connectivity index is 1.66. The van der Waals surface area contributed by atoms with Crippen molar-refractivity contribution in [1.29, 1.82) is 0 Å². The molecular formula is C20H20F3N5O. The van der Waals surface area contributed by atoms with Gasteiger partial charge in [-0.25, -0.2) is 9.97 Å². The number of pyridine rings is 2. The zero-order valence-corrected chi connectivity index (χ0v) is 16.0. The first kappa shape index (κ1) is 19.7. The Morgan fingerprint density at radius 2 is 1.83 bits per heavy atom. The van der Waals surface area contributed by atoms with E-state index < -0.39 is 11.7 Å². The second-order valence-electron chi connectivity index (χ2n) is 7.26. The number of halogens is 3. The van der Waals surface area contributed by atoms with Gasteiger partial charge in [-0.1, -0.05) is 0 Å². The molecule has 0 amide bonds. The van der Waals surface area contributed by atoms with Gasteiger partial charge in [-0.15, -0.1) is 0 Å². The first-order valence-corrected chi connectivity index (χ1v) is 9.31. The molecule has 4 heterocycles. The Labute approximate surface area is 165 Å². The fourth-order valence-electron chi connectivity index (χ4n) is 3.64. The van der Waals surface area contributed by atoms with Crippen LogP contribution in [0.4, 0.5) is 13.2 Å². The van der Waals surface area contributed by atoms with Gasteiger partial charge in [-0.05, 0) is 32.0 Å². The van der Waals surface area contributed by atoms with E-state index in [1.54, 1.807) is 12.3 Å². The molecule has 0 bridgehead atoms. The summed E-state index contributed by atoms with van der Waals surface area (Å²) in [5.74, 6) is 0.592. The molecule has 3 aromatic heterocycles. The van der Waals surface area contributed by atoms with Gasteiger partial charge in [-0.2, -0.15) is 13.2 Å². The maximum absolute atomic E-state index is 13.3. The van der Waals surface area contributed by atoms with Gasteiger partial charge >= 0.3 is 6.18 Å². The fourth-order valence-corrected chi connectivity index (χ4v) is 3.64. The summed E-state index contributed by atoms with van der Waals surface area (Å²) in [4.78, 5) is 19.3. The summed E-state index contributed by atoms with van der Waals surface area (Å²) < 4.78 is 45.7. The number of rotatable bonds is 3. The van der Waals surface area contributed by atoms with E-state index in [9.17, 15) is 13.2 Å². The van der Waals surface area contributed by atoms with Crippen LogP contribution in [-0.4, -0.2) is 50.1 Å². The number of aromatic nitrogens is 4. The number of nitrogens with zero attached hydrogens (tertiary/aromatic N) is 5. The Morgan fingerprint density at radius 3 is 2.55 bits per heavy atom.